The van der Waals surface area contributed by atoms with Crippen LogP contribution in [-0.2, 0) is 0 Å². The van der Waals surface area contributed by atoms with Crippen LogP contribution in [0.15, 0.2) is 22.1 Å². The lowest BCUT2D eigenvalue weighted by atomic mass is 10.1. The van der Waals surface area contributed by atoms with E-state index in [0.717, 1.165) is 29.2 Å². The van der Waals surface area contributed by atoms with E-state index in [-0.39, 0.29) is 0 Å². The SMILES string of the molecule is CC1=Nc2cc(C)c(C)cc2N=C(C)C1. The van der Waals surface area contributed by atoms with E-state index in [9.17, 15) is 0 Å². The smallest absolute Gasteiger partial charge is 0.0888 e. The van der Waals surface area contributed by atoms with Crippen LogP contribution in [0.5, 0.6) is 0 Å². The number of aliphatic imine (C=N–C) groups is 2. The van der Waals surface area contributed by atoms with Gasteiger partial charge in [-0.25, -0.2) is 0 Å². The fourth-order valence-electron chi connectivity index (χ4n) is 1.83. The van der Waals surface area contributed by atoms with Crippen LogP contribution in [0.2, 0.25) is 0 Å². The molecule has 0 bridgehead atoms. The first-order valence-corrected chi connectivity index (χ1v) is 5.26. The van der Waals surface area contributed by atoms with Gasteiger partial charge in [0, 0.05) is 17.8 Å². The van der Waals surface area contributed by atoms with Gasteiger partial charge in [-0.1, -0.05) is 0 Å². The second kappa shape index (κ2) is 3.61. The second-order valence-corrected chi connectivity index (χ2v) is 4.30. The normalized spacial score (nSPS) is 15.2. The van der Waals surface area contributed by atoms with Crippen LogP contribution < -0.4 is 0 Å². The van der Waals surface area contributed by atoms with Gasteiger partial charge in [0.05, 0.1) is 11.4 Å². The van der Waals surface area contributed by atoms with E-state index in [1.54, 1.807) is 0 Å². The molecule has 0 fully saturated rings. The van der Waals surface area contributed by atoms with E-state index in [1.807, 2.05) is 0 Å². The first-order chi connectivity index (χ1) is 7.06. The largest absolute Gasteiger partial charge is 0.255 e. The van der Waals surface area contributed by atoms with Crippen LogP contribution >= 0.6 is 0 Å². The number of hydrogen-bond acceptors (Lipinski definition) is 2. The van der Waals surface area contributed by atoms with E-state index < -0.39 is 0 Å². The summed E-state index contributed by atoms with van der Waals surface area (Å²) in [6, 6.07) is 4.24. The van der Waals surface area contributed by atoms with E-state index in [4.69, 9.17) is 0 Å². The van der Waals surface area contributed by atoms with Gasteiger partial charge in [0.15, 0.2) is 0 Å². The van der Waals surface area contributed by atoms with Gasteiger partial charge in [-0.15, -0.1) is 0 Å². The average molecular weight is 200 g/mol. The Morgan fingerprint density at radius 3 is 1.60 bits per heavy atom. The summed E-state index contributed by atoms with van der Waals surface area (Å²) in [5.74, 6) is 0. The van der Waals surface area contributed by atoms with Crippen LogP contribution in [-0.4, -0.2) is 11.4 Å². The van der Waals surface area contributed by atoms with Crippen molar-refractivity contribution in [2.24, 2.45) is 9.98 Å². The van der Waals surface area contributed by atoms with Crippen molar-refractivity contribution < 1.29 is 0 Å². The zero-order valence-electron chi connectivity index (χ0n) is 9.76. The summed E-state index contributed by atoms with van der Waals surface area (Å²) in [6.45, 7) is 8.34. The molecular formula is C13H16N2. The van der Waals surface area contributed by atoms with Crippen molar-refractivity contribution in [2.45, 2.75) is 34.1 Å². The van der Waals surface area contributed by atoms with Gasteiger partial charge in [-0.05, 0) is 51.0 Å². The Balaban J connectivity index is 2.66. The highest BCUT2D eigenvalue weighted by molar-refractivity contribution is 6.06. The number of rotatable bonds is 0. The third-order valence-electron chi connectivity index (χ3n) is 2.73. The molecule has 1 aliphatic rings. The third-order valence-corrected chi connectivity index (χ3v) is 2.73. The Hall–Kier alpha value is -1.44. The van der Waals surface area contributed by atoms with E-state index in [1.165, 1.54) is 11.1 Å². The number of benzene rings is 1. The van der Waals surface area contributed by atoms with Crippen LogP contribution in [0, 0.1) is 13.8 Å². The molecule has 0 aliphatic carbocycles. The Bertz CT molecular complexity index is 425. The number of hydrogen-bond donors (Lipinski definition) is 0. The maximum atomic E-state index is 4.59. The monoisotopic (exact) mass is 200 g/mol. The predicted molar refractivity (Wildman–Crippen MR) is 66.1 cm³/mol. The Morgan fingerprint density at radius 1 is 0.800 bits per heavy atom. The van der Waals surface area contributed by atoms with Crippen molar-refractivity contribution in [1.82, 2.24) is 0 Å². The Morgan fingerprint density at radius 2 is 1.20 bits per heavy atom. The Labute approximate surface area is 90.8 Å². The molecule has 0 aromatic heterocycles. The maximum absolute atomic E-state index is 4.59. The molecule has 2 heteroatoms. The Kier molecular flexibility index (Phi) is 2.43. The van der Waals surface area contributed by atoms with Crippen molar-refractivity contribution >= 4 is 22.8 Å². The summed E-state index contributed by atoms with van der Waals surface area (Å²) < 4.78 is 0. The first-order valence-electron chi connectivity index (χ1n) is 5.26. The molecule has 1 heterocycles. The molecule has 1 aromatic rings. The highest BCUT2D eigenvalue weighted by Crippen LogP contribution is 2.33. The molecule has 1 aromatic carbocycles. The third kappa shape index (κ3) is 1.99. The van der Waals surface area contributed by atoms with Gasteiger partial charge in [-0.2, -0.15) is 0 Å². The summed E-state index contributed by atoms with van der Waals surface area (Å²) >= 11 is 0. The molecule has 0 amide bonds. The lowest BCUT2D eigenvalue weighted by Crippen LogP contribution is -1.97. The minimum atomic E-state index is 0.882. The summed E-state index contributed by atoms with van der Waals surface area (Å²) in [5.41, 5.74) is 6.84. The van der Waals surface area contributed by atoms with Gasteiger partial charge < -0.3 is 0 Å². The fourth-order valence-corrected chi connectivity index (χ4v) is 1.83. The molecular weight excluding hydrogens is 184 g/mol. The molecule has 0 radical (unpaired) electrons. The first kappa shape index (κ1) is 10.1. The van der Waals surface area contributed by atoms with Crippen LogP contribution in [0.4, 0.5) is 11.4 Å². The van der Waals surface area contributed by atoms with Gasteiger partial charge >= 0.3 is 0 Å². The predicted octanol–water partition coefficient (Wildman–Crippen LogP) is 3.89. The molecule has 0 unspecified atom stereocenters. The summed E-state index contributed by atoms with van der Waals surface area (Å²) in [5, 5.41) is 0. The molecule has 0 saturated carbocycles. The number of aryl methyl sites for hydroxylation is 2. The molecule has 0 atom stereocenters. The van der Waals surface area contributed by atoms with Gasteiger partial charge in [0.2, 0.25) is 0 Å². The summed E-state index contributed by atoms with van der Waals surface area (Å²) in [4.78, 5) is 9.19. The summed E-state index contributed by atoms with van der Waals surface area (Å²) in [6.07, 6.45) is 0.882. The lowest BCUT2D eigenvalue weighted by molar-refractivity contribution is 1.31. The van der Waals surface area contributed by atoms with Crippen molar-refractivity contribution in [3.63, 3.8) is 0 Å². The highest BCUT2D eigenvalue weighted by atomic mass is 14.9. The molecule has 0 spiro atoms. The standard InChI is InChI=1S/C13H16N2/c1-8-5-12-13(6-9(8)2)15-11(4)7-10(3)14-12/h5-6H,7H2,1-4H3. The van der Waals surface area contributed by atoms with Crippen LogP contribution in [0.25, 0.3) is 0 Å². The molecule has 0 saturated heterocycles. The van der Waals surface area contributed by atoms with Crippen molar-refractivity contribution in [3.05, 3.63) is 23.3 Å². The van der Waals surface area contributed by atoms with Crippen molar-refractivity contribution in [1.29, 1.82) is 0 Å². The minimum absolute atomic E-state index is 0.882. The second-order valence-electron chi connectivity index (χ2n) is 4.30. The molecule has 0 N–H and O–H groups in total. The van der Waals surface area contributed by atoms with E-state index >= 15 is 0 Å². The maximum Gasteiger partial charge on any atom is 0.0888 e. The minimum Gasteiger partial charge on any atom is -0.255 e. The molecule has 15 heavy (non-hydrogen) atoms. The molecule has 1 aliphatic heterocycles. The van der Waals surface area contributed by atoms with Crippen LogP contribution in [0.1, 0.15) is 31.4 Å². The van der Waals surface area contributed by atoms with E-state index in [2.05, 4.69) is 49.8 Å². The van der Waals surface area contributed by atoms with Gasteiger partial charge in [-0.3, -0.25) is 9.98 Å². The van der Waals surface area contributed by atoms with E-state index in [0.29, 0.717) is 0 Å². The van der Waals surface area contributed by atoms with Gasteiger partial charge in [0.25, 0.3) is 0 Å². The van der Waals surface area contributed by atoms with Crippen molar-refractivity contribution in [2.75, 3.05) is 0 Å². The average Bonchev–Trinajstić information content (AvgIpc) is 2.24. The topological polar surface area (TPSA) is 24.7 Å². The van der Waals surface area contributed by atoms with Gasteiger partial charge in [0.1, 0.15) is 0 Å². The number of nitrogens with zero attached hydrogens (tertiary/aromatic N) is 2. The zero-order chi connectivity index (χ0) is 11.0. The number of fused-ring (bicyclic) bond motifs is 1. The zero-order valence-corrected chi connectivity index (χ0v) is 9.76. The highest BCUT2D eigenvalue weighted by Gasteiger charge is 2.09. The van der Waals surface area contributed by atoms with Crippen LogP contribution in [0.3, 0.4) is 0 Å². The van der Waals surface area contributed by atoms with Crippen molar-refractivity contribution in [3.8, 4) is 0 Å². The molecule has 78 valence electrons. The lowest BCUT2D eigenvalue weighted by Gasteiger charge is -2.04. The molecule has 2 rings (SSSR count). The quantitative estimate of drug-likeness (QED) is 0.607. The fraction of sp³-hybridized carbons (Fsp3) is 0.385. The summed E-state index contributed by atoms with van der Waals surface area (Å²) in [7, 11) is 0. The molecule has 2 nitrogen and oxygen atoms in total.